The summed E-state index contributed by atoms with van der Waals surface area (Å²) < 4.78 is 38.7. The first-order valence-electron chi connectivity index (χ1n) is 12.3. The zero-order valence-corrected chi connectivity index (χ0v) is 19.6. The summed E-state index contributed by atoms with van der Waals surface area (Å²) in [5.74, 6) is -0.827. The minimum Gasteiger partial charge on any atom is -0.300 e. The summed E-state index contributed by atoms with van der Waals surface area (Å²) in [4.78, 5) is 2.60. The van der Waals surface area contributed by atoms with Gasteiger partial charge >= 0.3 is 6.18 Å². The van der Waals surface area contributed by atoms with Crippen LogP contribution in [0.15, 0.2) is 54.6 Å². The summed E-state index contributed by atoms with van der Waals surface area (Å²) in [5.41, 5.74) is 3.92. The van der Waals surface area contributed by atoms with Crippen molar-refractivity contribution in [3.05, 3.63) is 71.3 Å². The topological polar surface area (TPSA) is 3.24 Å². The molecule has 0 bridgehead atoms. The Balaban J connectivity index is 1.47. The summed E-state index contributed by atoms with van der Waals surface area (Å²) in [5, 5.41) is 0. The van der Waals surface area contributed by atoms with Crippen molar-refractivity contribution in [1.82, 2.24) is 4.90 Å². The summed E-state index contributed by atoms with van der Waals surface area (Å²) >= 11 is 0. The zero-order chi connectivity index (χ0) is 23.0. The van der Waals surface area contributed by atoms with Gasteiger partial charge in [-0.25, -0.2) is 0 Å². The smallest absolute Gasteiger partial charge is 0.300 e. The van der Waals surface area contributed by atoms with Crippen molar-refractivity contribution in [3.63, 3.8) is 0 Å². The Kier molecular flexibility index (Phi) is 9.22. The fourth-order valence-electron chi connectivity index (χ4n) is 5.03. The number of rotatable bonds is 10. The molecule has 0 radical (unpaired) electrons. The molecule has 1 aliphatic carbocycles. The van der Waals surface area contributed by atoms with Crippen LogP contribution in [0.1, 0.15) is 75.0 Å². The molecule has 3 rings (SSSR count). The van der Waals surface area contributed by atoms with Crippen LogP contribution in [0.2, 0.25) is 0 Å². The van der Waals surface area contributed by atoms with Crippen LogP contribution >= 0.6 is 0 Å². The molecular formula is C28H38F3N. The first-order chi connectivity index (χ1) is 15.4. The lowest BCUT2D eigenvalue weighted by Gasteiger charge is -2.30. The van der Waals surface area contributed by atoms with Gasteiger partial charge in [-0.1, -0.05) is 61.5 Å². The van der Waals surface area contributed by atoms with E-state index in [1.165, 1.54) is 16.7 Å². The molecule has 0 amide bonds. The molecule has 0 aliphatic heterocycles. The second-order valence-electron chi connectivity index (χ2n) is 9.49. The number of nitrogens with zero attached hydrogens (tertiary/aromatic N) is 1. The van der Waals surface area contributed by atoms with Crippen molar-refractivity contribution in [1.29, 1.82) is 0 Å². The average molecular weight is 446 g/mol. The third-order valence-electron chi connectivity index (χ3n) is 7.16. The number of hydrogen-bond donors (Lipinski definition) is 0. The maximum absolute atomic E-state index is 12.9. The van der Waals surface area contributed by atoms with E-state index in [9.17, 15) is 13.2 Å². The summed E-state index contributed by atoms with van der Waals surface area (Å²) in [7, 11) is 0. The zero-order valence-electron chi connectivity index (χ0n) is 19.6. The van der Waals surface area contributed by atoms with E-state index in [-0.39, 0.29) is 18.8 Å². The molecule has 1 fully saturated rings. The molecule has 1 aliphatic rings. The molecule has 2 aromatic carbocycles. The molecule has 1 saturated carbocycles. The predicted octanol–water partition coefficient (Wildman–Crippen LogP) is 7.80. The lowest BCUT2D eigenvalue weighted by molar-refractivity contribution is -0.182. The molecule has 4 heteroatoms. The van der Waals surface area contributed by atoms with Crippen molar-refractivity contribution < 1.29 is 13.2 Å². The standard InChI is InChI=1S/C28H38F3N/c1-3-20-32(21-19-23-7-5-4-6-8-23)22(2)9-10-24-11-13-25(14-12-24)26-15-17-27(18-16-26)28(29,30)31/h4-8,11-14,22,26-27H,3,9-10,15-21H2,1-2H3. The minimum atomic E-state index is -4.03. The molecule has 0 N–H and O–H groups in total. The Labute approximate surface area is 192 Å². The van der Waals surface area contributed by atoms with E-state index in [0.717, 1.165) is 38.8 Å². The monoisotopic (exact) mass is 445 g/mol. The van der Waals surface area contributed by atoms with Crippen LogP contribution in [0, 0.1) is 5.92 Å². The molecule has 0 heterocycles. The first-order valence-corrected chi connectivity index (χ1v) is 12.3. The van der Waals surface area contributed by atoms with E-state index >= 15 is 0 Å². The van der Waals surface area contributed by atoms with E-state index in [2.05, 4.69) is 73.3 Å². The predicted molar refractivity (Wildman–Crippen MR) is 127 cm³/mol. The van der Waals surface area contributed by atoms with Gasteiger partial charge < -0.3 is 4.90 Å². The molecule has 1 nitrogen and oxygen atoms in total. The van der Waals surface area contributed by atoms with Crippen molar-refractivity contribution in [2.45, 2.75) is 83.4 Å². The Bertz CT molecular complexity index is 777. The normalized spacial score (nSPS) is 20.4. The van der Waals surface area contributed by atoms with Crippen LogP contribution in [0.25, 0.3) is 0 Å². The van der Waals surface area contributed by atoms with Crippen molar-refractivity contribution in [2.75, 3.05) is 13.1 Å². The van der Waals surface area contributed by atoms with Gasteiger partial charge in [0.1, 0.15) is 0 Å². The minimum absolute atomic E-state index is 0.268. The third kappa shape index (κ3) is 7.37. The van der Waals surface area contributed by atoms with Gasteiger partial charge in [-0.05, 0) is 87.4 Å². The maximum Gasteiger partial charge on any atom is 0.391 e. The summed E-state index contributed by atoms with van der Waals surface area (Å²) in [6.07, 6.45) is 2.19. The van der Waals surface area contributed by atoms with Gasteiger partial charge in [-0.2, -0.15) is 13.2 Å². The largest absolute Gasteiger partial charge is 0.391 e. The van der Waals surface area contributed by atoms with Crippen LogP contribution in [0.4, 0.5) is 13.2 Å². The second-order valence-corrected chi connectivity index (χ2v) is 9.49. The Morgan fingerprint density at radius 2 is 1.47 bits per heavy atom. The molecule has 32 heavy (non-hydrogen) atoms. The summed E-state index contributed by atoms with van der Waals surface area (Å²) in [6.45, 7) is 6.77. The second kappa shape index (κ2) is 11.9. The van der Waals surface area contributed by atoms with Gasteiger partial charge in [0.05, 0.1) is 5.92 Å². The molecule has 176 valence electrons. The van der Waals surface area contributed by atoms with Gasteiger partial charge in [0.15, 0.2) is 0 Å². The van der Waals surface area contributed by atoms with Crippen LogP contribution < -0.4 is 0 Å². The van der Waals surface area contributed by atoms with Crippen LogP contribution in [-0.2, 0) is 12.8 Å². The number of alkyl halides is 3. The number of aryl methyl sites for hydroxylation is 1. The van der Waals surface area contributed by atoms with Crippen molar-refractivity contribution in [2.24, 2.45) is 5.92 Å². The van der Waals surface area contributed by atoms with Crippen LogP contribution in [0.3, 0.4) is 0 Å². The number of hydrogen-bond acceptors (Lipinski definition) is 1. The third-order valence-corrected chi connectivity index (χ3v) is 7.16. The molecule has 2 aromatic rings. The Morgan fingerprint density at radius 3 is 2.06 bits per heavy atom. The van der Waals surface area contributed by atoms with Gasteiger partial charge in [0, 0.05) is 12.6 Å². The molecule has 0 aromatic heterocycles. The molecule has 1 unspecified atom stereocenters. The highest BCUT2D eigenvalue weighted by Gasteiger charge is 2.41. The quantitative estimate of drug-likeness (QED) is 0.361. The van der Waals surface area contributed by atoms with E-state index in [1.54, 1.807) is 0 Å². The van der Waals surface area contributed by atoms with Gasteiger partial charge in [0.25, 0.3) is 0 Å². The maximum atomic E-state index is 12.9. The van der Waals surface area contributed by atoms with E-state index < -0.39 is 12.1 Å². The van der Waals surface area contributed by atoms with Gasteiger partial charge in [-0.15, -0.1) is 0 Å². The SMILES string of the molecule is CCCN(CCc1ccccc1)C(C)CCc1ccc(C2CCC(C(F)(F)F)CC2)cc1. The molecule has 0 spiro atoms. The fraction of sp³-hybridized carbons (Fsp3) is 0.571. The average Bonchev–Trinajstić information content (AvgIpc) is 2.81. The Morgan fingerprint density at radius 1 is 0.844 bits per heavy atom. The first kappa shape index (κ1) is 24.8. The van der Waals surface area contributed by atoms with Crippen molar-refractivity contribution in [3.8, 4) is 0 Å². The van der Waals surface area contributed by atoms with Crippen LogP contribution in [-0.4, -0.2) is 30.2 Å². The van der Waals surface area contributed by atoms with E-state index in [4.69, 9.17) is 0 Å². The number of halogens is 3. The van der Waals surface area contributed by atoms with Crippen molar-refractivity contribution >= 4 is 0 Å². The molecule has 0 saturated heterocycles. The summed E-state index contributed by atoms with van der Waals surface area (Å²) in [6, 6.07) is 19.9. The molecular weight excluding hydrogens is 407 g/mol. The van der Waals surface area contributed by atoms with Gasteiger partial charge in [0.2, 0.25) is 0 Å². The fourth-order valence-corrected chi connectivity index (χ4v) is 5.03. The lowest BCUT2D eigenvalue weighted by atomic mass is 9.78. The molecule has 1 atom stereocenters. The van der Waals surface area contributed by atoms with Crippen LogP contribution in [0.5, 0.6) is 0 Å². The lowest BCUT2D eigenvalue weighted by Crippen LogP contribution is -2.35. The Hall–Kier alpha value is -1.81. The highest BCUT2D eigenvalue weighted by atomic mass is 19.4. The highest BCUT2D eigenvalue weighted by Crippen LogP contribution is 2.42. The van der Waals surface area contributed by atoms with E-state index in [1.807, 2.05) is 0 Å². The number of benzene rings is 2. The highest BCUT2D eigenvalue weighted by molar-refractivity contribution is 5.26. The van der Waals surface area contributed by atoms with Gasteiger partial charge in [-0.3, -0.25) is 0 Å². The van der Waals surface area contributed by atoms with E-state index in [0.29, 0.717) is 18.9 Å².